The Bertz CT molecular complexity index is 997. The molecule has 2 aromatic rings. The van der Waals surface area contributed by atoms with Crippen molar-refractivity contribution in [2.75, 3.05) is 31.6 Å². The fourth-order valence-corrected chi connectivity index (χ4v) is 3.83. The molecule has 0 N–H and O–H groups in total. The molecule has 31 heavy (non-hydrogen) atoms. The summed E-state index contributed by atoms with van der Waals surface area (Å²) in [4.78, 5) is 27.7. The van der Waals surface area contributed by atoms with Crippen molar-refractivity contribution in [3.05, 3.63) is 39.6 Å². The van der Waals surface area contributed by atoms with E-state index in [4.69, 9.17) is 27.9 Å². The van der Waals surface area contributed by atoms with Gasteiger partial charge in [0, 0.05) is 31.4 Å². The molecule has 1 aliphatic heterocycles. The van der Waals surface area contributed by atoms with Crippen molar-refractivity contribution in [1.29, 1.82) is 0 Å². The van der Waals surface area contributed by atoms with E-state index in [9.17, 15) is 22.8 Å². The summed E-state index contributed by atoms with van der Waals surface area (Å²) in [7, 11) is 1.49. The molecule has 3 rings (SSSR count). The summed E-state index contributed by atoms with van der Waals surface area (Å²) in [5, 5.41) is 3.34. The van der Waals surface area contributed by atoms with E-state index in [1.165, 1.54) is 18.9 Å². The number of carbonyl (C=O) groups excluding carboxylic acids is 2. The van der Waals surface area contributed by atoms with E-state index in [1.807, 2.05) is 4.90 Å². The molecule has 1 fully saturated rings. The Labute approximate surface area is 186 Å². The fourth-order valence-electron chi connectivity index (χ4n) is 3.39. The van der Waals surface area contributed by atoms with Crippen LogP contribution in [0.25, 0.3) is 0 Å². The number of piperazine rings is 1. The molecule has 7 nitrogen and oxygen atoms in total. The maximum absolute atomic E-state index is 13.0. The molecule has 1 amide bonds. The van der Waals surface area contributed by atoms with Crippen molar-refractivity contribution in [2.45, 2.75) is 25.7 Å². The van der Waals surface area contributed by atoms with Crippen LogP contribution in [0.1, 0.15) is 11.4 Å². The lowest BCUT2D eigenvalue weighted by Gasteiger charge is -2.40. The topological polar surface area (TPSA) is 67.7 Å². The largest absolute Gasteiger partial charge is 0.495 e. The van der Waals surface area contributed by atoms with E-state index < -0.39 is 35.4 Å². The second-order valence-corrected chi connectivity index (χ2v) is 7.74. The first-order valence-corrected chi connectivity index (χ1v) is 9.95. The van der Waals surface area contributed by atoms with Crippen molar-refractivity contribution in [3.8, 4) is 5.75 Å². The molecule has 1 unspecified atom stereocenters. The molecule has 0 bridgehead atoms. The zero-order chi connectivity index (χ0) is 22.9. The van der Waals surface area contributed by atoms with Crippen LogP contribution in [0.3, 0.4) is 0 Å². The number of hydrogen-bond acceptors (Lipinski definition) is 5. The maximum Gasteiger partial charge on any atom is 0.436 e. The molecule has 1 aliphatic rings. The van der Waals surface area contributed by atoms with Crippen LogP contribution in [0.5, 0.6) is 5.75 Å². The third-order valence-electron chi connectivity index (χ3n) is 5.08. The maximum atomic E-state index is 13.0. The number of amides is 1. The number of hydrogen-bond donors (Lipinski definition) is 0. The Morgan fingerprint density at radius 1 is 1.32 bits per heavy atom. The van der Waals surface area contributed by atoms with Crippen LogP contribution in [0, 0.1) is 6.92 Å². The second kappa shape index (κ2) is 8.96. The zero-order valence-corrected chi connectivity index (χ0v) is 18.1. The van der Waals surface area contributed by atoms with Crippen molar-refractivity contribution in [2.24, 2.45) is 0 Å². The molecular weight excluding hydrogens is 460 g/mol. The van der Waals surface area contributed by atoms with Gasteiger partial charge < -0.3 is 19.3 Å². The van der Waals surface area contributed by atoms with Crippen molar-refractivity contribution < 1.29 is 27.5 Å². The molecule has 1 atom stereocenters. The predicted octanol–water partition coefficient (Wildman–Crippen LogP) is 3.44. The molecule has 1 aromatic heterocycles. The number of carbonyl (C=O) groups is 2. The van der Waals surface area contributed by atoms with Gasteiger partial charge in [-0.25, -0.2) is 0 Å². The first-order valence-electron chi connectivity index (χ1n) is 9.20. The molecule has 1 aromatic carbocycles. The Morgan fingerprint density at radius 2 is 2.03 bits per heavy atom. The van der Waals surface area contributed by atoms with Crippen LogP contribution in [0.15, 0.2) is 18.2 Å². The smallest absolute Gasteiger partial charge is 0.436 e. The first-order chi connectivity index (χ1) is 14.6. The van der Waals surface area contributed by atoms with E-state index in [0.717, 1.165) is 10.4 Å². The summed E-state index contributed by atoms with van der Waals surface area (Å²) < 4.78 is 45.1. The van der Waals surface area contributed by atoms with E-state index >= 15 is 0 Å². The van der Waals surface area contributed by atoms with Gasteiger partial charge in [-0.15, -0.1) is 0 Å². The lowest BCUT2D eigenvalue weighted by Crippen LogP contribution is -2.56. The lowest BCUT2D eigenvalue weighted by molar-refractivity contribution is -0.142. The summed E-state index contributed by atoms with van der Waals surface area (Å²) in [6.07, 6.45) is -4.09. The van der Waals surface area contributed by atoms with Gasteiger partial charge in [-0.05, 0) is 19.1 Å². The quantitative estimate of drug-likeness (QED) is 0.615. The zero-order valence-electron chi connectivity index (χ0n) is 16.6. The molecule has 168 valence electrons. The summed E-state index contributed by atoms with van der Waals surface area (Å²) in [5.74, 6) is -0.0479. The number of alkyl halides is 3. The Kier molecular flexibility index (Phi) is 6.70. The molecule has 0 aliphatic carbocycles. The number of aldehydes is 1. The van der Waals surface area contributed by atoms with Gasteiger partial charge in [-0.3, -0.25) is 9.48 Å². The molecule has 2 heterocycles. The highest BCUT2D eigenvalue weighted by Crippen LogP contribution is 2.35. The summed E-state index contributed by atoms with van der Waals surface area (Å²) >= 11 is 11.8. The standard InChI is InChI=1S/C19H19Cl2F3N4O3/c1-11-17(21)18(19(22,23)24)25-28(11)9-16(30)27-6-5-26(8-13(27)10-29)12-3-4-14(20)15(7-12)31-2/h3-4,7,10,13H,5-6,8-9H2,1-2H3. The highest BCUT2D eigenvalue weighted by atomic mass is 35.5. The minimum atomic E-state index is -4.73. The van der Waals surface area contributed by atoms with E-state index in [-0.39, 0.29) is 18.8 Å². The third-order valence-corrected chi connectivity index (χ3v) is 5.85. The lowest BCUT2D eigenvalue weighted by atomic mass is 10.1. The second-order valence-electron chi connectivity index (χ2n) is 6.96. The highest BCUT2D eigenvalue weighted by Gasteiger charge is 2.39. The third kappa shape index (κ3) is 4.74. The van der Waals surface area contributed by atoms with E-state index in [1.54, 1.807) is 18.2 Å². The minimum absolute atomic E-state index is 0.0249. The van der Waals surface area contributed by atoms with Crippen LogP contribution < -0.4 is 9.64 Å². The van der Waals surface area contributed by atoms with Gasteiger partial charge >= 0.3 is 6.18 Å². The number of methoxy groups -OCH3 is 1. The number of nitrogens with zero attached hydrogens (tertiary/aromatic N) is 4. The predicted molar refractivity (Wildman–Crippen MR) is 109 cm³/mol. The average Bonchev–Trinajstić information content (AvgIpc) is 3.02. The summed E-state index contributed by atoms with van der Waals surface area (Å²) in [6, 6.07) is 4.40. The minimum Gasteiger partial charge on any atom is -0.495 e. The van der Waals surface area contributed by atoms with Gasteiger partial charge in [0.2, 0.25) is 5.91 Å². The summed E-state index contributed by atoms with van der Waals surface area (Å²) in [5.41, 5.74) is -0.450. The first kappa shape index (κ1) is 23.2. The SMILES string of the molecule is COc1cc(N2CCN(C(=O)Cn3nc(C(F)(F)F)c(Cl)c3C)C(C=O)C2)ccc1Cl. The normalized spacial score (nSPS) is 17.1. The van der Waals surface area contributed by atoms with Gasteiger partial charge in [0.25, 0.3) is 0 Å². The van der Waals surface area contributed by atoms with Crippen molar-refractivity contribution in [1.82, 2.24) is 14.7 Å². The number of anilines is 1. The molecule has 0 saturated carbocycles. The Hall–Kier alpha value is -2.46. The number of rotatable bonds is 5. The Morgan fingerprint density at radius 3 is 2.61 bits per heavy atom. The van der Waals surface area contributed by atoms with Crippen LogP contribution >= 0.6 is 23.2 Å². The number of ether oxygens (including phenoxy) is 1. The van der Waals surface area contributed by atoms with Gasteiger partial charge in [0.05, 0.1) is 22.8 Å². The monoisotopic (exact) mass is 478 g/mol. The van der Waals surface area contributed by atoms with E-state index in [2.05, 4.69) is 5.10 Å². The fraction of sp³-hybridized carbons (Fsp3) is 0.421. The van der Waals surface area contributed by atoms with Gasteiger partial charge in [0.1, 0.15) is 24.6 Å². The molecule has 1 saturated heterocycles. The van der Waals surface area contributed by atoms with Crippen molar-refractivity contribution >= 4 is 41.1 Å². The van der Waals surface area contributed by atoms with Crippen molar-refractivity contribution in [3.63, 3.8) is 0 Å². The van der Waals surface area contributed by atoms with Crippen LogP contribution in [0.2, 0.25) is 10.0 Å². The van der Waals surface area contributed by atoms with Crippen LogP contribution in [-0.4, -0.2) is 59.7 Å². The number of benzene rings is 1. The number of halogens is 5. The van der Waals surface area contributed by atoms with Gasteiger partial charge in [0.15, 0.2) is 5.69 Å². The molecule has 0 spiro atoms. The van der Waals surface area contributed by atoms with E-state index in [0.29, 0.717) is 23.6 Å². The van der Waals surface area contributed by atoms with Gasteiger partial charge in [-0.2, -0.15) is 18.3 Å². The average molecular weight is 479 g/mol. The molecule has 0 radical (unpaired) electrons. The Balaban J connectivity index is 1.75. The molecular formula is C19H19Cl2F3N4O3. The highest BCUT2D eigenvalue weighted by molar-refractivity contribution is 6.32. The molecule has 12 heteroatoms. The summed E-state index contributed by atoms with van der Waals surface area (Å²) in [6.45, 7) is 1.72. The number of aromatic nitrogens is 2. The van der Waals surface area contributed by atoms with Crippen LogP contribution in [-0.2, 0) is 22.3 Å². The van der Waals surface area contributed by atoms with Gasteiger partial charge in [-0.1, -0.05) is 23.2 Å². The van der Waals surface area contributed by atoms with Crippen LogP contribution in [0.4, 0.5) is 18.9 Å².